The number of hydrogen-bond donors (Lipinski definition) is 0. The quantitative estimate of drug-likeness (QED) is 0.526. The van der Waals surface area contributed by atoms with Gasteiger partial charge in [-0.15, -0.1) is 11.3 Å². The summed E-state index contributed by atoms with van der Waals surface area (Å²) in [5, 5.41) is 2.76. The summed E-state index contributed by atoms with van der Waals surface area (Å²) in [4.78, 5) is 32.0. The van der Waals surface area contributed by atoms with Gasteiger partial charge in [0.2, 0.25) is 5.91 Å². The van der Waals surface area contributed by atoms with Gasteiger partial charge in [-0.05, 0) is 38.3 Å². The summed E-state index contributed by atoms with van der Waals surface area (Å²) in [6.45, 7) is 3.46. The topological polar surface area (TPSA) is 63.9 Å². The number of aryl methyl sites for hydroxylation is 1. The van der Waals surface area contributed by atoms with E-state index in [1.54, 1.807) is 11.3 Å². The highest BCUT2D eigenvalue weighted by Crippen LogP contribution is 2.26. The molecule has 0 unspecified atom stereocenters. The van der Waals surface area contributed by atoms with Crippen LogP contribution in [-0.2, 0) is 20.7 Å². The Morgan fingerprint density at radius 1 is 1.23 bits per heavy atom. The minimum atomic E-state index is -0.137. The molecule has 1 aromatic carbocycles. The van der Waals surface area contributed by atoms with Gasteiger partial charge in [-0.3, -0.25) is 14.0 Å². The minimum Gasteiger partial charge on any atom is -0.466 e. The zero-order chi connectivity index (χ0) is 21.1. The lowest BCUT2D eigenvalue weighted by Gasteiger charge is -2.31. The first kappa shape index (κ1) is 20.9. The van der Waals surface area contributed by atoms with Crippen molar-refractivity contribution in [3.8, 4) is 11.3 Å². The van der Waals surface area contributed by atoms with E-state index in [1.165, 1.54) is 0 Å². The molecule has 0 spiro atoms. The average molecular weight is 446 g/mol. The summed E-state index contributed by atoms with van der Waals surface area (Å²) >= 11 is 7.55. The molecule has 1 aliphatic heterocycles. The number of halogens is 1. The summed E-state index contributed by atoms with van der Waals surface area (Å²) in [5.74, 6) is -0.0840. The SMILES string of the molecule is CCOC(=O)C1CCN(C(=O)CCc2csc3nc(-c4ccc(Cl)cc4)cn23)CC1. The molecule has 8 heteroatoms. The number of fused-ring (bicyclic) bond motifs is 1. The lowest BCUT2D eigenvalue weighted by molar-refractivity contribution is -0.151. The van der Waals surface area contributed by atoms with E-state index in [0.29, 0.717) is 50.4 Å². The highest BCUT2D eigenvalue weighted by molar-refractivity contribution is 7.15. The standard InChI is InChI=1S/C22H24ClN3O3S/c1-2-29-21(28)16-9-11-25(12-10-16)20(27)8-7-18-14-30-22-24-19(13-26(18)22)15-3-5-17(23)6-4-15/h3-6,13-14,16H,2,7-12H2,1H3. The van der Waals surface area contributed by atoms with Gasteiger partial charge in [0.1, 0.15) is 0 Å². The molecule has 3 heterocycles. The minimum absolute atomic E-state index is 0.0808. The van der Waals surface area contributed by atoms with E-state index in [9.17, 15) is 9.59 Å². The van der Waals surface area contributed by atoms with Crippen molar-refractivity contribution in [1.29, 1.82) is 0 Å². The van der Waals surface area contributed by atoms with Gasteiger partial charge in [-0.1, -0.05) is 23.7 Å². The number of amides is 1. The molecule has 3 aromatic rings. The molecule has 30 heavy (non-hydrogen) atoms. The molecule has 158 valence electrons. The van der Waals surface area contributed by atoms with Gasteiger partial charge in [-0.2, -0.15) is 0 Å². The molecular weight excluding hydrogens is 422 g/mol. The number of benzene rings is 1. The van der Waals surface area contributed by atoms with Gasteiger partial charge in [-0.25, -0.2) is 4.98 Å². The monoisotopic (exact) mass is 445 g/mol. The predicted molar refractivity (Wildman–Crippen MR) is 118 cm³/mol. The third-order valence-corrected chi connectivity index (χ3v) is 6.63. The first-order valence-electron chi connectivity index (χ1n) is 10.2. The Balaban J connectivity index is 1.35. The van der Waals surface area contributed by atoms with Gasteiger partial charge in [0.15, 0.2) is 4.96 Å². The van der Waals surface area contributed by atoms with E-state index in [4.69, 9.17) is 16.3 Å². The molecule has 6 nitrogen and oxygen atoms in total. The number of likely N-dealkylation sites (tertiary alicyclic amines) is 1. The molecular formula is C22H24ClN3O3S. The number of hydrogen-bond acceptors (Lipinski definition) is 5. The Labute approximate surface area is 184 Å². The van der Waals surface area contributed by atoms with Crippen molar-refractivity contribution >= 4 is 39.8 Å². The van der Waals surface area contributed by atoms with Crippen molar-refractivity contribution in [1.82, 2.24) is 14.3 Å². The van der Waals surface area contributed by atoms with Crippen LogP contribution >= 0.6 is 22.9 Å². The molecule has 0 atom stereocenters. The third-order valence-electron chi connectivity index (χ3n) is 5.49. The van der Waals surface area contributed by atoms with Crippen LogP contribution in [0, 0.1) is 5.92 Å². The second-order valence-electron chi connectivity index (χ2n) is 7.42. The van der Waals surface area contributed by atoms with Gasteiger partial charge in [0.25, 0.3) is 0 Å². The fourth-order valence-corrected chi connectivity index (χ4v) is 4.82. The summed E-state index contributed by atoms with van der Waals surface area (Å²) in [6, 6.07) is 7.62. The summed E-state index contributed by atoms with van der Waals surface area (Å²) < 4.78 is 7.16. The van der Waals surface area contributed by atoms with Gasteiger partial charge >= 0.3 is 5.97 Å². The van der Waals surface area contributed by atoms with E-state index in [0.717, 1.165) is 21.9 Å². The Morgan fingerprint density at radius 3 is 2.67 bits per heavy atom. The van der Waals surface area contributed by atoms with Gasteiger partial charge in [0, 0.05) is 47.4 Å². The molecule has 1 saturated heterocycles. The molecule has 0 radical (unpaired) electrons. The van der Waals surface area contributed by atoms with E-state index >= 15 is 0 Å². The zero-order valence-electron chi connectivity index (χ0n) is 16.8. The number of ether oxygens (including phenoxy) is 1. The number of piperidine rings is 1. The van der Waals surface area contributed by atoms with Crippen LogP contribution in [0.1, 0.15) is 31.9 Å². The van der Waals surface area contributed by atoms with Gasteiger partial charge < -0.3 is 9.64 Å². The number of imidazole rings is 1. The van der Waals surface area contributed by atoms with E-state index in [2.05, 4.69) is 14.8 Å². The van der Waals surface area contributed by atoms with Crippen LogP contribution in [0.5, 0.6) is 0 Å². The molecule has 0 N–H and O–H groups in total. The van der Waals surface area contributed by atoms with Crippen LogP contribution in [0.4, 0.5) is 0 Å². The lowest BCUT2D eigenvalue weighted by atomic mass is 9.96. The maximum absolute atomic E-state index is 12.7. The van der Waals surface area contributed by atoms with Crippen molar-refractivity contribution in [3.63, 3.8) is 0 Å². The average Bonchev–Trinajstić information content (AvgIpc) is 3.34. The van der Waals surface area contributed by atoms with Crippen LogP contribution in [-0.4, -0.2) is 45.9 Å². The number of carbonyl (C=O) groups excluding carboxylic acids is 2. The van der Waals surface area contributed by atoms with Crippen molar-refractivity contribution in [2.45, 2.75) is 32.6 Å². The van der Waals surface area contributed by atoms with Crippen LogP contribution < -0.4 is 0 Å². The highest BCUT2D eigenvalue weighted by Gasteiger charge is 2.28. The molecule has 4 rings (SSSR count). The Morgan fingerprint density at radius 2 is 1.97 bits per heavy atom. The highest BCUT2D eigenvalue weighted by atomic mass is 35.5. The smallest absolute Gasteiger partial charge is 0.309 e. The zero-order valence-corrected chi connectivity index (χ0v) is 18.4. The van der Waals surface area contributed by atoms with Crippen LogP contribution in [0.2, 0.25) is 5.02 Å². The first-order valence-corrected chi connectivity index (χ1v) is 11.5. The molecule has 0 aliphatic carbocycles. The van der Waals surface area contributed by atoms with E-state index in [-0.39, 0.29) is 17.8 Å². The fourth-order valence-electron chi connectivity index (χ4n) is 3.79. The fraction of sp³-hybridized carbons (Fsp3) is 0.409. The largest absolute Gasteiger partial charge is 0.466 e. The Hall–Kier alpha value is -2.38. The summed E-state index contributed by atoms with van der Waals surface area (Å²) in [7, 11) is 0. The van der Waals surface area contributed by atoms with E-state index < -0.39 is 0 Å². The normalized spacial score (nSPS) is 14.9. The number of carbonyl (C=O) groups is 2. The number of rotatable bonds is 6. The molecule has 0 bridgehead atoms. The maximum atomic E-state index is 12.7. The number of thiazole rings is 1. The van der Waals surface area contributed by atoms with Crippen molar-refractivity contribution in [2.75, 3.05) is 19.7 Å². The van der Waals surface area contributed by atoms with Crippen molar-refractivity contribution < 1.29 is 14.3 Å². The summed E-state index contributed by atoms with van der Waals surface area (Å²) in [6.07, 6.45) is 4.48. The maximum Gasteiger partial charge on any atom is 0.309 e. The van der Waals surface area contributed by atoms with Gasteiger partial charge in [0.05, 0.1) is 18.2 Å². The predicted octanol–water partition coefficient (Wildman–Crippen LogP) is 4.45. The van der Waals surface area contributed by atoms with Crippen molar-refractivity contribution in [2.24, 2.45) is 5.92 Å². The third kappa shape index (κ3) is 4.52. The molecule has 0 saturated carbocycles. The number of nitrogens with zero attached hydrogens (tertiary/aromatic N) is 3. The molecule has 1 fully saturated rings. The Kier molecular flexibility index (Phi) is 6.39. The van der Waals surface area contributed by atoms with Crippen molar-refractivity contribution in [3.05, 3.63) is 46.6 Å². The molecule has 2 aromatic heterocycles. The van der Waals surface area contributed by atoms with Crippen LogP contribution in [0.3, 0.4) is 0 Å². The second-order valence-corrected chi connectivity index (χ2v) is 8.69. The van der Waals surface area contributed by atoms with Crippen LogP contribution in [0.15, 0.2) is 35.8 Å². The summed E-state index contributed by atoms with van der Waals surface area (Å²) in [5.41, 5.74) is 2.99. The first-order chi connectivity index (χ1) is 14.5. The second kappa shape index (κ2) is 9.18. The van der Waals surface area contributed by atoms with E-state index in [1.807, 2.05) is 42.3 Å². The Bertz CT molecular complexity index is 1040. The lowest BCUT2D eigenvalue weighted by Crippen LogP contribution is -2.40. The molecule has 1 amide bonds. The molecule has 1 aliphatic rings. The number of esters is 1. The van der Waals surface area contributed by atoms with Crippen LogP contribution in [0.25, 0.3) is 16.2 Å². The number of aromatic nitrogens is 2.